The first kappa shape index (κ1) is 18.2. The number of hydrogen-bond acceptors (Lipinski definition) is 3. The highest BCUT2D eigenvalue weighted by atomic mass is 35.5. The molecule has 0 spiro atoms. The van der Waals surface area contributed by atoms with Gasteiger partial charge in [0.05, 0.1) is 6.04 Å². The molecule has 0 unspecified atom stereocenters. The summed E-state index contributed by atoms with van der Waals surface area (Å²) in [5.74, 6) is -0.127. The molecule has 0 aromatic heterocycles. The standard InChI is InChI=1S/C15H21ClN2O2.ClH/c1-11(17)14(19)18-10-15(5-7-20-8-6-15)12-3-2-4-13(16)9-12;/h2-4,9,11H,5-8,10,17H2,1H3,(H,18,19);1H/t11-;/m0./s1. The van der Waals surface area contributed by atoms with Crippen molar-refractivity contribution in [3.63, 3.8) is 0 Å². The summed E-state index contributed by atoms with van der Waals surface area (Å²) in [6.45, 7) is 3.64. The number of halogens is 2. The molecular formula is C15H22Cl2N2O2. The zero-order valence-electron chi connectivity index (χ0n) is 12.1. The van der Waals surface area contributed by atoms with Gasteiger partial charge in [0, 0.05) is 30.2 Å². The number of carbonyl (C=O) groups is 1. The zero-order valence-corrected chi connectivity index (χ0v) is 13.7. The van der Waals surface area contributed by atoms with E-state index < -0.39 is 6.04 Å². The van der Waals surface area contributed by atoms with E-state index >= 15 is 0 Å². The zero-order chi connectivity index (χ0) is 14.6. The third-order valence-corrected chi connectivity index (χ3v) is 4.14. The van der Waals surface area contributed by atoms with Crippen LogP contribution in [0.15, 0.2) is 24.3 Å². The number of rotatable bonds is 4. The molecule has 0 radical (unpaired) electrons. The van der Waals surface area contributed by atoms with E-state index in [1.807, 2.05) is 18.2 Å². The lowest BCUT2D eigenvalue weighted by atomic mass is 9.74. The minimum atomic E-state index is -0.494. The van der Waals surface area contributed by atoms with Crippen molar-refractivity contribution in [1.82, 2.24) is 5.32 Å². The summed E-state index contributed by atoms with van der Waals surface area (Å²) in [5.41, 5.74) is 6.63. The molecule has 1 aromatic rings. The molecule has 3 N–H and O–H groups in total. The quantitative estimate of drug-likeness (QED) is 0.888. The molecule has 1 heterocycles. The summed E-state index contributed by atoms with van der Waals surface area (Å²) in [5, 5.41) is 3.66. The molecule has 1 saturated heterocycles. The van der Waals surface area contributed by atoms with Gasteiger partial charge in [0.1, 0.15) is 0 Å². The van der Waals surface area contributed by atoms with E-state index in [0.717, 1.165) is 18.4 Å². The minimum Gasteiger partial charge on any atom is -0.381 e. The Morgan fingerprint density at radius 3 is 2.71 bits per heavy atom. The molecule has 4 nitrogen and oxygen atoms in total. The van der Waals surface area contributed by atoms with Crippen molar-refractivity contribution in [1.29, 1.82) is 0 Å². The van der Waals surface area contributed by atoms with E-state index in [1.165, 1.54) is 0 Å². The monoisotopic (exact) mass is 332 g/mol. The Morgan fingerprint density at radius 2 is 2.14 bits per heavy atom. The Bertz CT molecular complexity index is 474. The second-order valence-electron chi connectivity index (χ2n) is 5.41. The van der Waals surface area contributed by atoms with Crippen LogP contribution in [-0.4, -0.2) is 31.7 Å². The van der Waals surface area contributed by atoms with Crippen molar-refractivity contribution in [2.75, 3.05) is 19.8 Å². The fourth-order valence-corrected chi connectivity index (χ4v) is 2.76. The van der Waals surface area contributed by atoms with Gasteiger partial charge in [-0.25, -0.2) is 0 Å². The average molecular weight is 333 g/mol. The highest BCUT2D eigenvalue weighted by Gasteiger charge is 2.35. The van der Waals surface area contributed by atoms with Gasteiger partial charge in [-0.1, -0.05) is 23.7 Å². The van der Waals surface area contributed by atoms with Crippen molar-refractivity contribution in [3.05, 3.63) is 34.9 Å². The van der Waals surface area contributed by atoms with Crippen molar-refractivity contribution in [2.45, 2.75) is 31.2 Å². The van der Waals surface area contributed by atoms with Crippen molar-refractivity contribution < 1.29 is 9.53 Å². The molecule has 1 aliphatic heterocycles. The SMILES string of the molecule is C[C@H](N)C(=O)NCC1(c2cccc(Cl)c2)CCOCC1.Cl. The molecule has 0 aliphatic carbocycles. The normalized spacial score (nSPS) is 18.4. The van der Waals surface area contributed by atoms with Crippen LogP contribution in [-0.2, 0) is 14.9 Å². The van der Waals surface area contributed by atoms with Crippen LogP contribution in [0.2, 0.25) is 5.02 Å². The molecule has 2 rings (SSSR count). The Labute approximate surface area is 136 Å². The van der Waals surface area contributed by atoms with Crippen LogP contribution in [0.25, 0.3) is 0 Å². The number of ether oxygens (including phenoxy) is 1. The van der Waals surface area contributed by atoms with E-state index in [0.29, 0.717) is 24.8 Å². The van der Waals surface area contributed by atoms with Gasteiger partial charge in [0.2, 0.25) is 5.91 Å². The highest BCUT2D eigenvalue weighted by Crippen LogP contribution is 2.35. The first-order valence-corrected chi connectivity index (χ1v) is 7.28. The Balaban J connectivity index is 0.00000220. The molecule has 21 heavy (non-hydrogen) atoms. The predicted octanol–water partition coefficient (Wildman–Crippen LogP) is 2.27. The maximum absolute atomic E-state index is 11.7. The Kier molecular flexibility index (Phi) is 6.94. The van der Waals surface area contributed by atoms with Crippen molar-refractivity contribution in [3.8, 4) is 0 Å². The first-order valence-electron chi connectivity index (χ1n) is 6.91. The summed E-state index contributed by atoms with van der Waals surface area (Å²) < 4.78 is 5.46. The molecule has 1 fully saturated rings. The summed E-state index contributed by atoms with van der Waals surface area (Å²) >= 11 is 6.10. The third kappa shape index (κ3) is 4.58. The number of nitrogens with two attached hydrogens (primary N) is 1. The van der Waals surface area contributed by atoms with Crippen molar-refractivity contribution >= 4 is 29.9 Å². The van der Waals surface area contributed by atoms with E-state index in [9.17, 15) is 4.79 Å². The second kappa shape index (κ2) is 7.99. The maximum Gasteiger partial charge on any atom is 0.236 e. The van der Waals surface area contributed by atoms with Gasteiger partial charge >= 0.3 is 0 Å². The highest BCUT2D eigenvalue weighted by molar-refractivity contribution is 6.30. The topological polar surface area (TPSA) is 64.4 Å². The lowest BCUT2D eigenvalue weighted by Gasteiger charge is -2.38. The van der Waals surface area contributed by atoms with Gasteiger partial charge in [0.25, 0.3) is 0 Å². The Morgan fingerprint density at radius 1 is 1.48 bits per heavy atom. The van der Waals surface area contributed by atoms with Crippen LogP contribution in [0.3, 0.4) is 0 Å². The molecule has 1 amide bonds. The average Bonchev–Trinajstić information content (AvgIpc) is 2.45. The predicted molar refractivity (Wildman–Crippen MR) is 87.1 cm³/mol. The van der Waals surface area contributed by atoms with Gasteiger partial charge in [-0.15, -0.1) is 12.4 Å². The van der Waals surface area contributed by atoms with E-state index in [-0.39, 0.29) is 23.7 Å². The van der Waals surface area contributed by atoms with E-state index in [1.54, 1.807) is 6.92 Å². The van der Waals surface area contributed by atoms with Gasteiger partial charge in [-0.2, -0.15) is 0 Å². The summed E-state index contributed by atoms with van der Waals surface area (Å²) in [6, 6.07) is 7.35. The summed E-state index contributed by atoms with van der Waals surface area (Å²) in [4.78, 5) is 11.7. The third-order valence-electron chi connectivity index (χ3n) is 3.90. The fourth-order valence-electron chi connectivity index (χ4n) is 2.57. The van der Waals surface area contributed by atoms with Crippen molar-refractivity contribution in [2.24, 2.45) is 5.73 Å². The van der Waals surface area contributed by atoms with Gasteiger partial charge in [-0.3, -0.25) is 4.79 Å². The number of carbonyl (C=O) groups excluding carboxylic acids is 1. The van der Waals surface area contributed by atoms with Gasteiger partial charge in [0.15, 0.2) is 0 Å². The fraction of sp³-hybridized carbons (Fsp3) is 0.533. The van der Waals surface area contributed by atoms with Gasteiger partial charge < -0.3 is 15.8 Å². The van der Waals surface area contributed by atoms with Crippen LogP contribution in [0.1, 0.15) is 25.3 Å². The summed E-state index contributed by atoms with van der Waals surface area (Å²) in [6.07, 6.45) is 1.74. The number of benzene rings is 1. The van der Waals surface area contributed by atoms with Gasteiger partial charge in [-0.05, 0) is 37.5 Å². The molecule has 1 atom stereocenters. The van der Waals surface area contributed by atoms with Crippen LogP contribution in [0.4, 0.5) is 0 Å². The van der Waals surface area contributed by atoms with Crippen LogP contribution in [0.5, 0.6) is 0 Å². The number of nitrogens with one attached hydrogen (secondary N) is 1. The maximum atomic E-state index is 11.7. The molecular weight excluding hydrogens is 311 g/mol. The number of amides is 1. The lowest BCUT2D eigenvalue weighted by molar-refractivity contribution is -0.122. The smallest absolute Gasteiger partial charge is 0.236 e. The van der Waals surface area contributed by atoms with Crippen LogP contribution < -0.4 is 11.1 Å². The van der Waals surface area contributed by atoms with Crippen LogP contribution >= 0.6 is 24.0 Å². The molecule has 0 saturated carbocycles. The molecule has 1 aliphatic rings. The molecule has 0 bridgehead atoms. The lowest BCUT2D eigenvalue weighted by Crippen LogP contribution is -2.48. The second-order valence-corrected chi connectivity index (χ2v) is 5.85. The summed E-state index contributed by atoms with van der Waals surface area (Å²) in [7, 11) is 0. The number of hydrogen-bond donors (Lipinski definition) is 2. The van der Waals surface area contributed by atoms with E-state index in [2.05, 4.69) is 11.4 Å². The molecule has 118 valence electrons. The minimum absolute atomic E-state index is 0. The molecule has 1 aromatic carbocycles. The Hall–Kier alpha value is -0.810. The first-order chi connectivity index (χ1) is 9.53. The molecule has 6 heteroatoms. The van der Waals surface area contributed by atoms with E-state index in [4.69, 9.17) is 22.1 Å². The largest absolute Gasteiger partial charge is 0.381 e. The van der Waals surface area contributed by atoms with Crippen LogP contribution in [0, 0.1) is 0 Å².